The molecule has 0 atom stereocenters. The maximum Gasteiger partial charge on any atom is 0.0991 e. The fourth-order valence-corrected chi connectivity index (χ4v) is 1.52. The third kappa shape index (κ3) is 2.91. The van der Waals surface area contributed by atoms with Crippen LogP contribution in [0.15, 0.2) is 18.2 Å². The van der Waals surface area contributed by atoms with Crippen molar-refractivity contribution in [2.45, 2.75) is 27.2 Å². The molecule has 0 radical (unpaired) electrons. The van der Waals surface area contributed by atoms with Gasteiger partial charge in [0.1, 0.15) is 0 Å². The topological polar surface area (TPSA) is 23.8 Å². The van der Waals surface area contributed by atoms with Gasteiger partial charge in [-0.25, -0.2) is 0 Å². The predicted octanol–water partition coefficient (Wildman–Crippen LogP) is 3.07. The minimum atomic E-state index is 0.647. The van der Waals surface area contributed by atoms with E-state index in [0.717, 1.165) is 12.0 Å². The van der Waals surface area contributed by atoms with Gasteiger partial charge in [-0.2, -0.15) is 5.26 Å². The van der Waals surface area contributed by atoms with Crippen LogP contribution in [-0.2, 0) is 6.42 Å². The molecule has 0 aromatic heterocycles. The highest BCUT2D eigenvalue weighted by Gasteiger charge is 2.00. The minimum Gasteiger partial charge on any atom is -0.192 e. The van der Waals surface area contributed by atoms with E-state index in [4.69, 9.17) is 5.26 Å². The molecule has 1 aromatic carbocycles. The van der Waals surface area contributed by atoms with Crippen LogP contribution in [0.4, 0.5) is 0 Å². The van der Waals surface area contributed by atoms with Gasteiger partial charge in [-0.1, -0.05) is 19.9 Å². The van der Waals surface area contributed by atoms with Gasteiger partial charge in [-0.05, 0) is 42.5 Å². The molecule has 0 unspecified atom stereocenters. The number of benzene rings is 1. The van der Waals surface area contributed by atoms with Crippen LogP contribution in [0.25, 0.3) is 0 Å². The molecule has 0 spiro atoms. The Labute approximate surface area is 80.0 Å². The molecule has 0 aliphatic heterocycles. The zero-order valence-electron chi connectivity index (χ0n) is 8.46. The zero-order chi connectivity index (χ0) is 9.84. The van der Waals surface area contributed by atoms with Crippen LogP contribution >= 0.6 is 0 Å². The van der Waals surface area contributed by atoms with Crippen LogP contribution in [0.2, 0.25) is 0 Å². The molecule has 0 bridgehead atoms. The Balaban J connectivity index is 2.96. The highest BCUT2D eigenvalue weighted by atomic mass is 14.2. The largest absolute Gasteiger partial charge is 0.192 e. The van der Waals surface area contributed by atoms with Crippen molar-refractivity contribution in [3.8, 4) is 6.07 Å². The zero-order valence-corrected chi connectivity index (χ0v) is 8.46. The molecule has 0 heterocycles. The quantitative estimate of drug-likeness (QED) is 0.674. The predicted molar refractivity (Wildman–Crippen MR) is 54.4 cm³/mol. The molecule has 1 nitrogen and oxygen atoms in total. The third-order valence-electron chi connectivity index (χ3n) is 1.91. The molecule has 1 aromatic rings. The smallest absolute Gasteiger partial charge is 0.0991 e. The summed E-state index contributed by atoms with van der Waals surface area (Å²) < 4.78 is 0. The first-order chi connectivity index (χ1) is 6.11. The molecule has 13 heavy (non-hydrogen) atoms. The summed E-state index contributed by atoms with van der Waals surface area (Å²) in [6.45, 7) is 6.41. The van der Waals surface area contributed by atoms with Gasteiger partial charge in [0.05, 0.1) is 11.6 Å². The Morgan fingerprint density at radius 3 is 2.54 bits per heavy atom. The maximum absolute atomic E-state index is 8.77. The van der Waals surface area contributed by atoms with Crippen molar-refractivity contribution in [3.05, 3.63) is 34.9 Å². The van der Waals surface area contributed by atoms with Gasteiger partial charge in [-0.15, -0.1) is 0 Å². The highest BCUT2D eigenvalue weighted by molar-refractivity contribution is 5.37. The number of aryl methyl sites for hydroxylation is 1. The summed E-state index contributed by atoms with van der Waals surface area (Å²) in [6, 6.07) is 8.23. The SMILES string of the molecule is Cc1cc(C#N)cc(CC(C)C)c1. The van der Waals surface area contributed by atoms with Crippen molar-refractivity contribution >= 4 is 0 Å². The summed E-state index contributed by atoms with van der Waals surface area (Å²) in [4.78, 5) is 0. The monoisotopic (exact) mass is 173 g/mol. The first kappa shape index (κ1) is 9.80. The Kier molecular flexibility index (Phi) is 3.08. The highest BCUT2D eigenvalue weighted by Crippen LogP contribution is 2.12. The molecule has 0 saturated heterocycles. The first-order valence-corrected chi connectivity index (χ1v) is 4.62. The van der Waals surface area contributed by atoms with E-state index < -0.39 is 0 Å². The van der Waals surface area contributed by atoms with Gasteiger partial charge in [0.25, 0.3) is 0 Å². The van der Waals surface area contributed by atoms with E-state index in [2.05, 4.69) is 26.0 Å². The Bertz CT molecular complexity index is 331. The van der Waals surface area contributed by atoms with Crippen LogP contribution in [0.5, 0.6) is 0 Å². The number of hydrogen-bond acceptors (Lipinski definition) is 1. The number of rotatable bonds is 2. The maximum atomic E-state index is 8.77. The Morgan fingerprint density at radius 2 is 2.00 bits per heavy atom. The van der Waals surface area contributed by atoms with E-state index in [1.54, 1.807) is 0 Å². The summed E-state index contributed by atoms with van der Waals surface area (Å²) >= 11 is 0. The lowest BCUT2D eigenvalue weighted by Crippen LogP contribution is -1.95. The lowest BCUT2D eigenvalue weighted by molar-refractivity contribution is 0.647. The number of nitriles is 1. The van der Waals surface area contributed by atoms with Gasteiger partial charge >= 0.3 is 0 Å². The number of hydrogen-bond donors (Lipinski definition) is 0. The summed E-state index contributed by atoms with van der Waals surface area (Å²) in [5.74, 6) is 0.647. The molecule has 0 saturated carbocycles. The molecule has 1 rings (SSSR count). The lowest BCUT2D eigenvalue weighted by Gasteiger charge is -2.06. The minimum absolute atomic E-state index is 0.647. The van der Waals surface area contributed by atoms with Gasteiger partial charge in [0, 0.05) is 0 Å². The van der Waals surface area contributed by atoms with E-state index in [0.29, 0.717) is 5.92 Å². The van der Waals surface area contributed by atoms with E-state index in [-0.39, 0.29) is 0 Å². The van der Waals surface area contributed by atoms with Crippen LogP contribution in [0.3, 0.4) is 0 Å². The fourth-order valence-electron chi connectivity index (χ4n) is 1.52. The second-order valence-electron chi connectivity index (χ2n) is 3.92. The van der Waals surface area contributed by atoms with Crippen molar-refractivity contribution in [2.24, 2.45) is 5.92 Å². The van der Waals surface area contributed by atoms with E-state index in [9.17, 15) is 0 Å². The van der Waals surface area contributed by atoms with Crippen LogP contribution in [0.1, 0.15) is 30.5 Å². The van der Waals surface area contributed by atoms with Crippen LogP contribution in [0, 0.1) is 24.2 Å². The molecule has 0 N–H and O–H groups in total. The second kappa shape index (κ2) is 4.09. The number of nitrogens with zero attached hydrogens (tertiary/aromatic N) is 1. The lowest BCUT2D eigenvalue weighted by atomic mass is 9.99. The van der Waals surface area contributed by atoms with E-state index in [1.165, 1.54) is 11.1 Å². The molecule has 0 aliphatic rings. The summed E-state index contributed by atoms with van der Waals surface area (Å²) in [7, 11) is 0. The van der Waals surface area contributed by atoms with Crippen molar-refractivity contribution in [1.82, 2.24) is 0 Å². The summed E-state index contributed by atoms with van der Waals surface area (Å²) in [5, 5.41) is 8.77. The van der Waals surface area contributed by atoms with Gasteiger partial charge < -0.3 is 0 Å². The van der Waals surface area contributed by atoms with E-state index in [1.807, 2.05) is 19.1 Å². The molecule has 0 amide bonds. The fraction of sp³-hybridized carbons (Fsp3) is 0.417. The average Bonchev–Trinajstić information content (AvgIpc) is 2.01. The normalized spacial score (nSPS) is 10.1. The molecule has 1 heteroatoms. The molecule has 0 fully saturated rings. The van der Waals surface area contributed by atoms with Crippen molar-refractivity contribution in [3.63, 3.8) is 0 Å². The van der Waals surface area contributed by atoms with Crippen molar-refractivity contribution in [2.75, 3.05) is 0 Å². The molecule has 68 valence electrons. The van der Waals surface area contributed by atoms with Crippen LogP contribution < -0.4 is 0 Å². The Hall–Kier alpha value is -1.29. The molecule has 0 aliphatic carbocycles. The van der Waals surface area contributed by atoms with Crippen LogP contribution in [-0.4, -0.2) is 0 Å². The molecular formula is C12H15N. The standard InChI is InChI=1S/C12H15N/c1-9(2)4-11-5-10(3)6-12(7-11)8-13/h5-7,9H,4H2,1-3H3. The average molecular weight is 173 g/mol. The summed E-state index contributed by atoms with van der Waals surface area (Å²) in [5.41, 5.74) is 3.22. The summed E-state index contributed by atoms with van der Waals surface area (Å²) in [6.07, 6.45) is 1.05. The van der Waals surface area contributed by atoms with Crippen molar-refractivity contribution in [1.29, 1.82) is 5.26 Å². The first-order valence-electron chi connectivity index (χ1n) is 4.62. The van der Waals surface area contributed by atoms with Gasteiger partial charge in [-0.3, -0.25) is 0 Å². The third-order valence-corrected chi connectivity index (χ3v) is 1.91. The van der Waals surface area contributed by atoms with E-state index >= 15 is 0 Å². The Morgan fingerprint density at radius 1 is 1.31 bits per heavy atom. The second-order valence-corrected chi connectivity index (χ2v) is 3.92. The van der Waals surface area contributed by atoms with Gasteiger partial charge in [0.15, 0.2) is 0 Å². The molecular weight excluding hydrogens is 158 g/mol. The van der Waals surface area contributed by atoms with Crippen molar-refractivity contribution < 1.29 is 0 Å². The van der Waals surface area contributed by atoms with Gasteiger partial charge in [0.2, 0.25) is 0 Å².